The van der Waals surface area contributed by atoms with E-state index in [-0.39, 0.29) is 6.61 Å². The lowest BCUT2D eigenvalue weighted by Crippen LogP contribution is -2.20. The Bertz CT molecular complexity index is 659. The highest BCUT2D eigenvalue weighted by molar-refractivity contribution is 9.10. The second-order valence-corrected chi connectivity index (χ2v) is 5.48. The SMILES string of the molecule is CCOC(=O)C(c1ccc(Br)cc1)c1nc(OC)ccc1N. The Morgan fingerprint density at radius 3 is 2.55 bits per heavy atom. The highest BCUT2D eigenvalue weighted by atomic mass is 79.9. The Hall–Kier alpha value is -2.08. The van der Waals surface area contributed by atoms with Crippen molar-refractivity contribution in [1.29, 1.82) is 0 Å². The summed E-state index contributed by atoms with van der Waals surface area (Å²) in [5, 5.41) is 0. The van der Waals surface area contributed by atoms with E-state index in [4.69, 9.17) is 15.2 Å². The van der Waals surface area contributed by atoms with Crippen molar-refractivity contribution in [3.8, 4) is 5.88 Å². The Morgan fingerprint density at radius 1 is 1.27 bits per heavy atom. The van der Waals surface area contributed by atoms with Gasteiger partial charge in [0.25, 0.3) is 0 Å². The lowest BCUT2D eigenvalue weighted by Gasteiger charge is -2.18. The zero-order valence-corrected chi connectivity index (χ0v) is 14.0. The summed E-state index contributed by atoms with van der Waals surface area (Å²) in [5.74, 6) is -0.684. The number of carbonyl (C=O) groups excluding carboxylic acids is 1. The zero-order valence-electron chi connectivity index (χ0n) is 12.4. The topological polar surface area (TPSA) is 74.4 Å². The zero-order chi connectivity index (χ0) is 16.1. The van der Waals surface area contributed by atoms with E-state index in [1.807, 2.05) is 24.3 Å². The van der Waals surface area contributed by atoms with Crippen molar-refractivity contribution < 1.29 is 14.3 Å². The van der Waals surface area contributed by atoms with Gasteiger partial charge in [-0.05, 0) is 30.7 Å². The monoisotopic (exact) mass is 364 g/mol. The van der Waals surface area contributed by atoms with Gasteiger partial charge in [-0.1, -0.05) is 28.1 Å². The van der Waals surface area contributed by atoms with Gasteiger partial charge in [-0.2, -0.15) is 0 Å². The number of nitrogens with two attached hydrogens (primary N) is 1. The van der Waals surface area contributed by atoms with Crippen LogP contribution in [-0.4, -0.2) is 24.7 Å². The molecule has 2 aromatic rings. The fraction of sp³-hybridized carbons (Fsp3) is 0.250. The molecule has 0 bridgehead atoms. The first-order valence-electron chi connectivity index (χ1n) is 6.79. The van der Waals surface area contributed by atoms with Crippen molar-refractivity contribution >= 4 is 27.6 Å². The van der Waals surface area contributed by atoms with Crippen LogP contribution in [0.15, 0.2) is 40.9 Å². The summed E-state index contributed by atoms with van der Waals surface area (Å²) < 4.78 is 11.2. The van der Waals surface area contributed by atoms with E-state index in [1.54, 1.807) is 19.1 Å². The first-order chi connectivity index (χ1) is 10.6. The van der Waals surface area contributed by atoms with E-state index < -0.39 is 11.9 Å². The molecule has 5 nitrogen and oxygen atoms in total. The van der Waals surface area contributed by atoms with Crippen LogP contribution < -0.4 is 10.5 Å². The molecular weight excluding hydrogens is 348 g/mol. The molecule has 0 aliphatic rings. The molecule has 1 atom stereocenters. The van der Waals surface area contributed by atoms with Gasteiger partial charge in [0.05, 0.1) is 25.1 Å². The molecule has 116 valence electrons. The molecule has 0 radical (unpaired) electrons. The van der Waals surface area contributed by atoms with Gasteiger partial charge in [0.15, 0.2) is 0 Å². The van der Waals surface area contributed by atoms with E-state index in [2.05, 4.69) is 20.9 Å². The molecule has 2 rings (SSSR count). The molecule has 1 heterocycles. The van der Waals surface area contributed by atoms with Crippen LogP contribution in [0.4, 0.5) is 5.69 Å². The number of anilines is 1. The molecule has 0 aliphatic heterocycles. The van der Waals surface area contributed by atoms with Crippen LogP contribution in [0, 0.1) is 0 Å². The number of halogens is 1. The lowest BCUT2D eigenvalue weighted by molar-refractivity contribution is -0.143. The molecule has 1 aromatic carbocycles. The van der Waals surface area contributed by atoms with Crippen molar-refractivity contribution in [3.05, 3.63) is 52.1 Å². The van der Waals surface area contributed by atoms with Crippen molar-refractivity contribution in [2.75, 3.05) is 19.5 Å². The Balaban J connectivity index is 2.53. The summed E-state index contributed by atoms with van der Waals surface area (Å²) in [4.78, 5) is 16.7. The Kier molecular flexibility index (Phi) is 5.38. The molecular formula is C16H17BrN2O3. The summed E-state index contributed by atoms with van der Waals surface area (Å²) in [6.07, 6.45) is 0. The summed E-state index contributed by atoms with van der Waals surface area (Å²) in [6, 6.07) is 10.7. The van der Waals surface area contributed by atoms with Gasteiger partial charge in [0.2, 0.25) is 5.88 Å². The predicted octanol–water partition coefficient (Wildman–Crippen LogP) is 3.13. The Labute approximate surface area is 137 Å². The minimum atomic E-state index is -0.692. The first kappa shape index (κ1) is 16.3. The van der Waals surface area contributed by atoms with Gasteiger partial charge >= 0.3 is 5.97 Å². The van der Waals surface area contributed by atoms with E-state index in [1.165, 1.54) is 7.11 Å². The molecule has 22 heavy (non-hydrogen) atoms. The van der Waals surface area contributed by atoms with Gasteiger partial charge in [0.1, 0.15) is 5.92 Å². The number of hydrogen-bond donors (Lipinski definition) is 1. The normalized spacial score (nSPS) is 11.8. The molecule has 0 spiro atoms. The van der Waals surface area contributed by atoms with Crippen LogP contribution in [0.2, 0.25) is 0 Å². The maximum absolute atomic E-state index is 12.4. The predicted molar refractivity (Wildman–Crippen MR) is 87.8 cm³/mol. The fourth-order valence-corrected chi connectivity index (χ4v) is 2.36. The maximum atomic E-state index is 12.4. The van der Waals surface area contributed by atoms with Crippen LogP contribution in [0.1, 0.15) is 24.1 Å². The third kappa shape index (κ3) is 3.57. The molecule has 0 amide bonds. The average molecular weight is 365 g/mol. The van der Waals surface area contributed by atoms with E-state index in [9.17, 15) is 4.79 Å². The molecule has 6 heteroatoms. The van der Waals surface area contributed by atoms with Crippen LogP contribution >= 0.6 is 15.9 Å². The third-order valence-corrected chi connectivity index (χ3v) is 3.67. The average Bonchev–Trinajstić information content (AvgIpc) is 2.51. The number of esters is 1. The van der Waals surface area contributed by atoms with Crippen molar-refractivity contribution in [3.63, 3.8) is 0 Å². The van der Waals surface area contributed by atoms with Crippen LogP contribution in [0.3, 0.4) is 0 Å². The van der Waals surface area contributed by atoms with Crippen LogP contribution in [0.25, 0.3) is 0 Å². The standard InChI is InChI=1S/C16H17BrN2O3/c1-3-22-16(20)14(10-4-6-11(17)7-5-10)15-12(18)8-9-13(19-15)21-2/h4-9,14H,3,18H2,1-2H3. The maximum Gasteiger partial charge on any atom is 0.319 e. The van der Waals surface area contributed by atoms with Gasteiger partial charge in [-0.15, -0.1) is 0 Å². The smallest absolute Gasteiger partial charge is 0.319 e. The number of aromatic nitrogens is 1. The summed E-state index contributed by atoms with van der Waals surface area (Å²) >= 11 is 3.38. The number of nitrogen functional groups attached to an aromatic ring is 1. The summed E-state index contributed by atoms with van der Waals surface area (Å²) in [7, 11) is 1.52. The number of ether oxygens (including phenoxy) is 2. The second-order valence-electron chi connectivity index (χ2n) is 4.56. The van der Waals surface area contributed by atoms with E-state index in [0.717, 1.165) is 10.0 Å². The number of pyridine rings is 1. The quantitative estimate of drug-likeness (QED) is 0.824. The third-order valence-electron chi connectivity index (χ3n) is 3.14. The highest BCUT2D eigenvalue weighted by Gasteiger charge is 2.28. The van der Waals surface area contributed by atoms with Gasteiger partial charge in [0, 0.05) is 10.5 Å². The minimum absolute atomic E-state index is 0.287. The number of methoxy groups -OCH3 is 1. The first-order valence-corrected chi connectivity index (χ1v) is 7.58. The number of carbonyl (C=O) groups is 1. The van der Waals surface area contributed by atoms with Crippen LogP contribution in [0.5, 0.6) is 5.88 Å². The molecule has 0 saturated heterocycles. The van der Waals surface area contributed by atoms with Gasteiger partial charge < -0.3 is 15.2 Å². The minimum Gasteiger partial charge on any atom is -0.481 e. The number of hydrogen-bond acceptors (Lipinski definition) is 5. The molecule has 0 aliphatic carbocycles. The molecule has 0 saturated carbocycles. The highest BCUT2D eigenvalue weighted by Crippen LogP contribution is 2.31. The fourth-order valence-electron chi connectivity index (χ4n) is 2.10. The number of rotatable bonds is 5. The van der Waals surface area contributed by atoms with E-state index in [0.29, 0.717) is 17.3 Å². The van der Waals surface area contributed by atoms with Crippen molar-refractivity contribution in [2.45, 2.75) is 12.8 Å². The molecule has 1 unspecified atom stereocenters. The lowest BCUT2D eigenvalue weighted by atomic mass is 9.94. The summed E-state index contributed by atoms with van der Waals surface area (Å²) in [6.45, 7) is 2.05. The van der Waals surface area contributed by atoms with E-state index >= 15 is 0 Å². The van der Waals surface area contributed by atoms with Crippen molar-refractivity contribution in [2.24, 2.45) is 0 Å². The molecule has 1 aromatic heterocycles. The largest absolute Gasteiger partial charge is 0.481 e. The van der Waals surface area contributed by atoms with Crippen LogP contribution in [-0.2, 0) is 9.53 Å². The molecule has 0 fully saturated rings. The number of nitrogens with zero attached hydrogens (tertiary/aromatic N) is 1. The molecule has 2 N–H and O–H groups in total. The van der Waals surface area contributed by atoms with Gasteiger partial charge in [-0.3, -0.25) is 4.79 Å². The van der Waals surface area contributed by atoms with Crippen molar-refractivity contribution in [1.82, 2.24) is 4.98 Å². The summed E-state index contributed by atoms with van der Waals surface area (Å²) in [5.41, 5.74) is 7.62. The second kappa shape index (κ2) is 7.26. The van der Waals surface area contributed by atoms with Gasteiger partial charge in [-0.25, -0.2) is 4.98 Å². The number of benzene rings is 1. The Morgan fingerprint density at radius 2 is 1.95 bits per heavy atom.